The zero-order valence-corrected chi connectivity index (χ0v) is 15.2. The zero-order valence-electron chi connectivity index (χ0n) is 14.3. The van der Waals surface area contributed by atoms with Crippen LogP contribution in [0.3, 0.4) is 0 Å². The van der Waals surface area contributed by atoms with Crippen LogP contribution >= 0.6 is 11.3 Å². The van der Waals surface area contributed by atoms with Gasteiger partial charge in [-0.2, -0.15) is 0 Å². The van der Waals surface area contributed by atoms with E-state index in [4.69, 9.17) is 4.74 Å². The van der Waals surface area contributed by atoms with Gasteiger partial charge in [-0.15, -0.1) is 10.2 Å². The number of carbonyl (C=O) groups excluding carboxylic acids is 1. The van der Waals surface area contributed by atoms with E-state index in [1.54, 1.807) is 11.3 Å². The summed E-state index contributed by atoms with van der Waals surface area (Å²) in [7, 11) is 0. The van der Waals surface area contributed by atoms with Crippen LogP contribution in [0.25, 0.3) is 0 Å². The smallest absolute Gasteiger partial charge is 0.407 e. The molecule has 3 rings (SSSR count). The molecule has 2 aliphatic rings. The largest absolute Gasteiger partial charge is 0.444 e. The quantitative estimate of drug-likeness (QED) is 0.916. The first-order valence-corrected chi connectivity index (χ1v) is 9.23. The van der Waals surface area contributed by atoms with Crippen molar-refractivity contribution in [3.05, 3.63) is 5.01 Å². The van der Waals surface area contributed by atoms with Crippen LogP contribution in [0.1, 0.15) is 64.3 Å². The summed E-state index contributed by atoms with van der Waals surface area (Å²) >= 11 is 1.73. The summed E-state index contributed by atoms with van der Waals surface area (Å²) in [6, 6.07) is 0.496. The molecule has 23 heavy (non-hydrogen) atoms. The third-order valence-corrected chi connectivity index (χ3v) is 5.32. The number of aromatic nitrogens is 2. The molecular formula is C16H26N4O2S. The second kappa shape index (κ2) is 6.26. The van der Waals surface area contributed by atoms with Crippen LogP contribution in [0.4, 0.5) is 9.93 Å². The molecule has 2 fully saturated rings. The Morgan fingerprint density at radius 2 is 2.04 bits per heavy atom. The lowest BCUT2D eigenvalue weighted by atomic mass is 9.99. The van der Waals surface area contributed by atoms with Gasteiger partial charge in [0.1, 0.15) is 10.6 Å². The van der Waals surface area contributed by atoms with E-state index in [0.717, 1.165) is 24.5 Å². The fourth-order valence-electron chi connectivity index (χ4n) is 2.90. The Hall–Kier alpha value is -1.37. The number of hydrogen-bond acceptors (Lipinski definition) is 6. The van der Waals surface area contributed by atoms with Gasteiger partial charge in [0.05, 0.1) is 0 Å². The van der Waals surface area contributed by atoms with E-state index < -0.39 is 5.60 Å². The number of nitrogens with zero attached hydrogens (tertiary/aromatic N) is 3. The molecule has 1 aliphatic heterocycles. The molecule has 1 N–H and O–H groups in total. The Morgan fingerprint density at radius 3 is 2.65 bits per heavy atom. The summed E-state index contributed by atoms with van der Waals surface area (Å²) in [6.45, 7) is 8.71. The maximum atomic E-state index is 11.9. The lowest BCUT2D eigenvalue weighted by molar-refractivity contribution is 0.0494. The number of piperidine rings is 1. The van der Waals surface area contributed by atoms with Gasteiger partial charge in [-0.1, -0.05) is 11.3 Å². The first kappa shape index (κ1) is 16.5. The van der Waals surface area contributed by atoms with E-state index in [2.05, 4.69) is 27.3 Å². The summed E-state index contributed by atoms with van der Waals surface area (Å²) in [5.74, 6) is 0.655. The third-order valence-electron chi connectivity index (χ3n) is 4.20. The second-order valence-electron chi connectivity index (χ2n) is 7.61. The second-order valence-corrected chi connectivity index (χ2v) is 8.59. The molecule has 1 aromatic rings. The van der Waals surface area contributed by atoms with Crippen molar-refractivity contribution in [3.63, 3.8) is 0 Å². The molecular weight excluding hydrogens is 312 g/mol. The predicted molar refractivity (Wildman–Crippen MR) is 91.1 cm³/mol. The Labute approximate surface area is 141 Å². The number of alkyl carbamates (subject to hydrolysis) is 1. The number of amides is 1. The van der Waals surface area contributed by atoms with E-state index in [1.165, 1.54) is 17.8 Å². The van der Waals surface area contributed by atoms with Gasteiger partial charge in [0.15, 0.2) is 0 Å². The van der Waals surface area contributed by atoms with Gasteiger partial charge in [0, 0.05) is 24.5 Å². The van der Waals surface area contributed by atoms with Gasteiger partial charge >= 0.3 is 6.09 Å². The number of hydrogen-bond donors (Lipinski definition) is 1. The van der Waals surface area contributed by atoms with Crippen molar-refractivity contribution < 1.29 is 9.53 Å². The van der Waals surface area contributed by atoms with Gasteiger partial charge in [0.2, 0.25) is 5.13 Å². The SMILES string of the molecule is CC1CC(NC(=O)OC(C)(C)C)CCN1c1nnc(C2CC2)s1. The standard InChI is InChI=1S/C16H26N4O2S/c1-10-9-12(17-15(21)22-16(2,3)4)7-8-20(10)14-19-18-13(23-14)11-5-6-11/h10-12H,5-9H2,1-4H3,(H,17,21). The highest BCUT2D eigenvalue weighted by Gasteiger charge is 2.32. The highest BCUT2D eigenvalue weighted by atomic mass is 32.1. The molecule has 0 aromatic carbocycles. The molecule has 1 saturated heterocycles. The van der Waals surface area contributed by atoms with E-state index in [-0.39, 0.29) is 12.1 Å². The summed E-state index contributed by atoms with van der Waals surface area (Å²) < 4.78 is 5.34. The molecule has 0 spiro atoms. The fraction of sp³-hybridized carbons (Fsp3) is 0.812. The summed E-state index contributed by atoms with van der Waals surface area (Å²) in [4.78, 5) is 14.2. The minimum Gasteiger partial charge on any atom is -0.444 e. The van der Waals surface area contributed by atoms with Gasteiger partial charge in [0.25, 0.3) is 0 Å². The highest BCUT2D eigenvalue weighted by molar-refractivity contribution is 7.15. The Bertz CT molecular complexity index is 565. The van der Waals surface area contributed by atoms with E-state index in [1.807, 2.05) is 20.8 Å². The number of ether oxygens (including phenoxy) is 1. The normalized spacial score (nSPS) is 25.3. The van der Waals surface area contributed by atoms with Gasteiger partial charge in [-0.3, -0.25) is 0 Å². The van der Waals surface area contributed by atoms with E-state index >= 15 is 0 Å². The first-order valence-electron chi connectivity index (χ1n) is 8.41. The van der Waals surface area contributed by atoms with Crippen molar-refractivity contribution in [1.82, 2.24) is 15.5 Å². The lowest BCUT2D eigenvalue weighted by Crippen LogP contribution is -2.49. The molecule has 1 aliphatic carbocycles. The molecule has 0 radical (unpaired) electrons. The third kappa shape index (κ3) is 4.34. The Morgan fingerprint density at radius 1 is 1.30 bits per heavy atom. The van der Waals surface area contributed by atoms with Gasteiger partial charge < -0.3 is 15.0 Å². The molecule has 2 atom stereocenters. The maximum Gasteiger partial charge on any atom is 0.407 e. The van der Waals surface area contributed by atoms with Crippen LogP contribution in [0.5, 0.6) is 0 Å². The van der Waals surface area contributed by atoms with Crippen molar-refractivity contribution in [2.45, 2.75) is 77.0 Å². The van der Waals surface area contributed by atoms with Crippen molar-refractivity contribution in [1.29, 1.82) is 0 Å². The Kier molecular flexibility index (Phi) is 4.49. The van der Waals surface area contributed by atoms with Crippen LogP contribution in [-0.4, -0.2) is 40.5 Å². The van der Waals surface area contributed by atoms with E-state index in [0.29, 0.717) is 12.0 Å². The molecule has 2 unspecified atom stereocenters. The zero-order chi connectivity index (χ0) is 16.6. The molecule has 0 bridgehead atoms. The van der Waals surface area contributed by atoms with E-state index in [9.17, 15) is 4.79 Å². The van der Waals surface area contributed by atoms with Crippen molar-refractivity contribution in [2.75, 3.05) is 11.4 Å². The monoisotopic (exact) mass is 338 g/mol. The molecule has 128 valence electrons. The molecule has 6 nitrogen and oxygen atoms in total. The molecule has 7 heteroatoms. The maximum absolute atomic E-state index is 11.9. The fourth-order valence-corrected chi connectivity index (χ4v) is 4.04. The van der Waals surface area contributed by atoms with Crippen LogP contribution in [0.15, 0.2) is 0 Å². The predicted octanol–water partition coefficient (Wildman–Crippen LogP) is 3.30. The number of anilines is 1. The first-order chi connectivity index (χ1) is 10.8. The minimum absolute atomic E-state index is 0.159. The number of carbonyl (C=O) groups is 1. The van der Waals surface area contributed by atoms with Gasteiger partial charge in [-0.05, 0) is 53.4 Å². The average molecular weight is 338 g/mol. The lowest BCUT2D eigenvalue weighted by Gasteiger charge is -2.37. The summed E-state index contributed by atoms with van der Waals surface area (Å²) in [5, 5.41) is 13.9. The molecule has 1 saturated carbocycles. The molecule has 1 aromatic heterocycles. The van der Waals surface area contributed by atoms with Crippen LogP contribution < -0.4 is 10.2 Å². The van der Waals surface area contributed by atoms with Crippen molar-refractivity contribution >= 4 is 22.6 Å². The highest BCUT2D eigenvalue weighted by Crippen LogP contribution is 2.43. The molecule has 1 amide bonds. The van der Waals surface area contributed by atoms with Crippen LogP contribution in [-0.2, 0) is 4.74 Å². The van der Waals surface area contributed by atoms with Crippen molar-refractivity contribution in [3.8, 4) is 0 Å². The topological polar surface area (TPSA) is 67.3 Å². The number of nitrogens with one attached hydrogen (secondary N) is 1. The number of rotatable bonds is 3. The van der Waals surface area contributed by atoms with Crippen molar-refractivity contribution in [2.24, 2.45) is 0 Å². The minimum atomic E-state index is -0.456. The van der Waals surface area contributed by atoms with Crippen LogP contribution in [0.2, 0.25) is 0 Å². The van der Waals surface area contributed by atoms with Gasteiger partial charge in [-0.25, -0.2) is 4.79 Å². The van der Waals surface area contributed by atoms with Crippen LogP contribution in [0, 0.1) is 0 Å². The summed E-state index contributed by atoms with van der Waals surface area (Å²) in [5.41, 5.74) is -0.456. The molecule has 2 heterocycles. The summed E-state index contributed by atoms with van der Waals surface area (Å²) in [6.07, 6.45) is 3.99. The Balaban J connectivity index is 1.53. The average Bonchev–Trinajstić information content (AvgIpc) is 3.15.